The Morgan fingerprint density at radius 1 is 1.03 bits per heavy atom. The van der Waals surface area contributed by atoms with Crippen LogP contribution in [0.2, 0.25) is 0 Å². The number of hydrogen-bond donors (Lipinski definition) is 1. The summed E-state index contributed by atoms with van der Waals surface area (Å²) in [4.78, 5) is 27.0. The van der Waals surface area contributed by atoms with Crippen LogP contribution < -0.4 is 14.8 Å². The number of unbranched alkanes of at least 4 members (excludes halogenated alkanes) is 1. The summed E-state index contributed by atoms with van der Waals surface area (Å²) in [6.07, 6.45) is 2.07. The molecule has 154 valence electrons. The van der Waals surface area contributed by atoms with Gasteiger partial charge in [-0.1, -0.05) is 31.9 Å². The number of nitrogens with zero attached hydrogens (tertiary/aromatic N) is 1. The van der Waals surface area contributed by atoms with E-state index in [1.807, 2.05) is 6.92 Å². The number of nitrogens with one attached hydrogen (secondary N) is 1. The van der Waals surface area contributed by atoms with Gasteiger partial charge in [-0.15, -0.1) is 0 Å². The topological polar surface area (TPSA) is 67.9 Å². The van der Waals surface area contributed by atoms with Crippen molar-refractivity contribution in [2.75, 3.05) is 20.3 Å². The predicted octanol–water partition coefficient (Wildman–Crippen LogP) is 3.85. The van der Waals surface area contributed by atoms with Crippen molar-refractivity contribution in [2.45, 2.75) is 31.7 Å². The molecule has 0 aromatic heterocycles. The number of benzene rings is 2. The molecule has 2 aromatic carbocycles. The molecule has 1 N–H and O–H groups in total. The van der Waals surface area contributed by atoms with Gasteiger partial charge in [-0.05, 0) is 48.4 Å². The normalized spacial score (nSPS) is 18.7. The van der Waals surface area contributed by atoms with E-state index < -0.39 is 11.6 Å². The third-order valence-corrected chi connectivity index (χ3v) is 5.06. The molecule has 3 amide bonds. The number of ether oxygens (including phenoxy) is 2. The Morgan fingerprint density at radius 3 is 2.31 bits per heavy atom. The number of hydrogen-bond acceptors (Lipinski definition) is 4. The van der Waals surface area contributed by atoms with Gasteiger partial charge >= 0.3 is 6.03 Å². The lowest BCUT2D eigenvalue weighted by molar-refractivity contribution is -0.132. The highest BCUT2D eigenvalue weighted by Gasteiger charge is 2.51. The molecule has 1 atom stereocenters. The number of carbonyl (C=O) groups is 2. The number of urea groups is 1. The van der Waals surface area contributed by atoms with Crippen molar-refractivity contribution in [2.24, 2.45) is 0 Å². The van der Waals surface area contributed by atoms with Crippen molar-refractivity contribution in [1.29, 1.82) is 0 Å². The number of halogens is 1. The van der Waals surface area contributed by atoms with E-state index in [1.54, 1.807) is 43.5 Å². The predicted molar refractivity (Wildman–Crippen MR) is 106 cm³/mol. The van der Waals surface area contributed by atoms with Crippen LogP contribution in [0, 0.1) is 5.82 Å². The number of imide groups is 1. The molecular formula is C22H25FN2O4. The Bertz CT molecular complexity index is 854. The van der Waals surface area contributed by atoms with Crippen LogP contribution in [0.5, 0.6) is 11.5 Å². The van der Waals surface area contributed by atoms with Gasteiger partial charge in [0.25, 0.3) is 5.91 Å². The number of rotatable bonds is 9. The fourth-order valence-electron chi connectivity index (χ4n) is 3.44. The first-order chi connectivity index (χ1) is 14.0. The van der Waals surface area contributed by atoms with Gasteiger partial charge in [0.1, 0.15) is 29.5 Å². The second-order valence-corrected chi connectivity index (χ2v) is 6.93. The van der Waals surface area contributed by atoms with Crippen molar-refractivity contribution >= 4 is 11.9 Å². The second-order valence-electron chi connectivity index (χ2n) is 6.93. The van der Waals surface area contributed by atoms with Crippen LogP contribution in [-0.4, -0.2) is 37.1 Å². The van der Waals surface area contributed by atoms with E-state index in [0.717, 1.165) is 12.8 Å². The first-order valence-electron chi connectivity index (χ1n) is 9.67. The molecular weight excluding hydrogens is 375 g/mol. The Hall–Kier alpha value is -3.09. The lowest BCUT2D eigenvalue weighted by atomic mass is 9.85. The van der Waals surface area contributed by atoms with Gasteiger partial charge in [0, 0.05) is 0 Å². The van der Waals surface area contributed by atoms with E-state index in [0.29, 0.717) is 23.5 Å². The SMILES string of the molecule is CCCC[C@@]1(c2ccc(F)cc2)NC(=O)N(CCOc2ccc(OC)cc2)C1=O. The lowest BCUT2D eigenvalue weighted by Crippen LogP contribution is -2.44. The molecule has 6 nitrogen and oxygen atoms in total. The summed E-state index contributed by atoms with van der Waals surface area (Å²) >= 11 is 0. The van der Waals surface area contributed by atoms with E-state index in [4.69, 9.17) is 9.47 Å². The number of carbonyl (C=O) groups excluding carboxylic acids is 2. The highest BCUT2D eigenvalue weighted by atomic mass is 19.1. The van der Waals surface area contributed by atoms with Crippen LogP contribution in [0.25, 0.3) is 0 Å². The smallest absolute Gasteiger partial charge is 0.325 e. The monoisotopic (exact) mass is 400 g/mol. The molecule has 7 heteroatoms. The van der Waals surface area contributed by atoms with Crippen molar-refractivity contribution in [1.82, 2.24) is 10.2 Å². The van der Waals surface area contributed by atoms with Crippen LogP contribution in [-0.2, 0) is 10.3 Å². The summed E-state index contributed by atoms with van der Waals surface area (Å²) in [7, 11) is 1.58. The lowest BCUT2D eigenvalue weighted by Gasteiger charge is -2.27. The average Bonchev–Trinajstić information content (AvgIpc) is 2.98. The molecule has 0 radical (unpaired) electrons. The molecule has 3 rings (SSSR count). The molecule has 0 bridgehead atoms. The Labute approximate surface area is 169 Å². The largest absolute Gasteiger partial charge is 0.497 e. The molecule has 0 spiro atoms. The molecule has 0 unspecified atom stereocenters. The number of amides is 3. The molecule has 1 aliphatic heterocycles. The summed E-state index contributed by atoms with van der Waals surface area (Å²) < 4.78 is 24.1. The van der Waals surface area contributed by atoms with Crippen molar-refractivity contribution in [3.05, 3.63) is 59.9 Å². The van der Waals surface area contributed by atoms with Crippen LogP contribution in [0.3, 0.4) is 0 Å². The zero-order valence-electron chi connectivity index (χ0n) is 16.6. The van der Waals surface area contributed by atoms with Gasteiger partial charge < -0.3 is 14.8 Å². The van der Waals surface area contributed by atoms with Gasteiger partial charge in [0.05, 0.1) is 13.7 Å². The van der Waals surface area contributed by atoms with Gasteiger partial charge in [-0.3, -0.25) is 9.69 Å². The van der Waals surface area contributed by atoms with Crippen molar-refractivity contribution in [3.8, 4) is 11.5 Å². The standard InChI is InChI=1S/C22H25FN2O4/c1-3-4-13-22(16-5-7-17(23)8-6-16)20(26)25(21(27)24-22)14-15-29-19-11-9-18(28-2)10-12-19/h5-12H,3-4,13-15H2,1-2H3,(H,24,27)/t22-/m0/s1. The Kier molecular flexibility index (Phi) is 6.36. The van der Waals surface area contributed by atoms with Crippen LogP contribution in [0.1, 0.15) is 31.7 Å². The van der Waals surface area contributed by atoms with Crippen LogP contribution in [0.4, 0.5) is 9.18 Å². The summed E-state index contributed by atoms with van der Waals surface area (Å²) in [6, 6.07) is 12.3. The van der Waals surface area contributed by atoms with Crippen molar-refractivity contribution < 1.29 is 23.5 Å². The van der Waals surface area contributed by atoms with E-state index >= 15 is 0 Å². The van der Waals surface area contributed by atoms with Gasteiger partial charge in [0.2, 0.25) is 0 Å². The maximum absolute atomic E-state index is 13.4. The average molecular weight is 400 g/mol. The fraction of sp³-hybridized carbons (Fsp3) is 0.364. The molecule has 1 heterocycles. The van der Waals surface area contributed by atoms with Gasteiger partial charge in [-0.2, -0.15) is 0 Å². The zero-order chi connectivity index (χ0) is 20.9. The summed E-state index contributed by atoms with van der Waals surface area (Å²) in [5.74, 6) is 0.613. The summed E-state index contributed by atoms with van der Waals surface area (Å²) in [5.41, 5.74) is -0.578. The maximum atomic E-state index is 13.4. The van der Waals surface area contributed by atoms with E-state index in [9.17, 15) is 14.0 Å². The minimum atomic E-state index is -1.17. The minimum absolute atomic E-state index is 0.117. The quantitative estimate of drug-likeness (QED) is 0.649. The zero-order valence-corrected chi connectivity index (χ0v) is 16.6. The molecule has 0 saturated carbocycles. The number of methoxy groups -OCH3 is 1. The summed E-state index contributed by atoms with van der Waals surface area (Å²) in [5, 5.41) is 2.84. The van der Waals surface area contributed by atoms with Crippen molar-refractivity contribution in [3.63, 3.8) is 0 Å². The van der Waals surface area contributed by atoms with E-state index in [2.05, 4.69) is 5.32 Å². The molecule has 1 saturated heterocycles. The highest BCUT2D eigenvalue weighted by Crippen LogP contribution is 2.34. The third-order valence-electron chi connectivity index (χ3n) is 5.06. The van der Waals surface area contributed by atoms with Gasteiger partial charge in [0.15, 0.2) is 0 Å². The molecule has 2 aromatic rings. The molecule has 0 aliphatic carbocycles. The first-order valence-corrected chi connectivity index (χ1v) is 9.67. The maximum Gasteiger partial charge on any atom is 0.325 e. The molecule has 1 fully saturated rings. The minimum Gasteiger partial charge on any atom is -0.497 e. The second kappa shape index (κ2) is 8.94. The van der Waals surface area contributed by atoms with E-state index in [-0.39, 0.29) is 24.9 Å². The van der Waals surface area contributed by atoms with Gasteiger partial charge in [-0.25, -0.2) is 9.18 Å². The Balaban J connectivity index is 1.72. The summed E-state index contributed by atoms with van der Waals surface area (Å²) in [6.45, 7) is 2.30. The molecule has 29 heavy (non-hydrogen) atoms. The Morgan fingerprint density at radius 2 is 1.69 bits per heavy atom. The fourth-order valence-corrected chi connectivity index (χ4v) is 3.44. The van der Waals surface area contributed by atoms with Crippen LogP contribution >= 0.6 is 0 Å². The first kappa shape index (κ1) is 20.6. The molecule has 1 aliphatic rings. The van der Waals surface area contributed by atoms with E-state index in [1.165, 1.54) is 17.0 Å². The van der Waals surface area contributed by atoms with Crippen LogP contribution in [0.15, 0.2) is 48.5 Å². The highest BCUT2D eigenvalue weighted by molar-refractivity contribution is 6.07. The third kappa shape index (κ3) is 4.34.